The minimum atomic E-state index is -1.40. The highest BCUT2D eigenvalue weighted by Gasteiger charge is 2.36. The van der Waals surface area contributed by atoms with Gasteiger partial charge in [0.25, 0.3) is 0 Å². The van der Waals surface area contributed by atoms with E-state index in [-0.39, 0.29) is 24.9 Å². The van der Waals surface area contributed by atoms with Crippen LogP contribution >= 0.6 is 12.4 Å². The van der Waals surface area contributed by atoms with Crippen LogP contribution in [0.4, 0.5) is 8.78 Å². The molecule has 4 nitrogen and oxygen atoms in total. The zero-order valence-electron chi connectivity index (χ0n) is 11.7. The number of carbonyl (C=O) groups is 1. The van der Waals surface area contributed by atoms with Crippen LogP contribution in [0.5, 0.6) is 0 Å². The van der Waals surface area contributed by atoms with Gasteiger partial charge in [0.1, 0.15) is 17.7 Å². The maximum atomic E-state index is 13.5. The van der Waals surface area contributed by atoms with E-state index in [0.29, 0.717) is 13.0 Å². The Hall–Kier alpha value is -1.24. The first-order chi connectivity index (χ1) is 9.44. The van der Waals surface area contributed by atoms with E-state index in [0.717, 1.165) is 18.7 Å². The molecule has 0 radical (unpaired) electrons. The van der Waals surface area contributed by atoms with Crippen molar-refractivity contribution in [2.75, 3.05) is 19.6 Å². The van der Waals surface area contributed by atoms with Crippen molar-refractivity contribution in [2.24, 2.45) is 5.41 Å². The number of hydrogen-bond acceptors (Lipinski definition) is 3. The Labute approximate surface area is 128 Å². The Morgan fingerprint density at radius 3 is 2.62 bits per heavy atom. The van der Waals surface area contributed by atoms with E-state index in [9.17, 15) is 18.7 Å². The summed E-state index contributed by atoms with van der Waals surface area (Å²) < 4.78 is 27.0. The lowest BCUT2D eigenvalue weighted by Crippen LogP contribution is -2.42. The van der Waals surface area contributed by atoms with E-state index in [1.165, 1.54) is 6.07 Å². The molecule has 0 saturated carbocycles. The second kappa shape index (κ2) is 7.15. The monoisotopic (exact) mass is 320 g/mol. The number of hydrogen-bond donors (Lipinski definition) is 3. The molecule has 1 aromatic rings. The second-order valence-electron chi connectivity index (χ2n) is 5.35. The van der Waals surface area contributed by atoms with Gasteiger partial charge >= 0.3 is 0 Å². The maximum Gasteiger partial charge on any atom is 0.227 e. The van der Waals surface area contributed by atoms with Crippen LogP contribution in [0.15, 0.2) is 18.2 Å². The van der Waals surface area contributed by atoms with E-state index in [1.807, 2.05) is 6.92 Å². The average Bonchev–Trinajstić information content (AvgIpc) is 2.84. The van der Waals surface area contributed by atoms with Crippen LogP contribution in [0, 0.1) is 17.0 Å². The van der Waals surface area contributed by atoms with E-state index in [2.05, 4.69) is 10.6 Å². The van der Waals surface area contributed by atoms with Gasteiger partial charge < -0.3 is 15.7 Å². The summed E-state index contributed by atoms with van der Waals surface area (Å²) in [5.74, 6) is -1.86. The van der Waals surface area contributed by atoms with Gasteiger partial charge in [0.15, 0.2) is 0 Å². The van der Waals surface area contributed by atoms with Crippen molar-refractivity contribution in [1.82, 2.24) is 10.6 Å². The predicted octanol–water partition coefficient (Wildman–Crippen LogP) is 1.54. The van der Waals surface area contributed by atoms with Gasteiger partial charge in [-0.1, -0.05) is 6.07 Å². The number of aliphatic hydroxyl groups is 1. The highest BCUT2D eigenvalue weighted by Crippen LogP contribution is 2.25. The Balaban J connectivity index is 0.00000220. The first kappa shape index (κ1) is 17.8. The Morgan fingerprint density at radius 2 is 2.10 bits per heavy atom. The quantitative estimate of drug-likeness (QED) is 0.788. The number of aliphatic hydroxyl groups excluding tert-OH is 1. The van der Waals surface area contributed by atoms with Gasteiger partial charge in [-0.3, -0.25) is 4.79 Å². The van der Waals surface area contributed by atoms with Crippen LogP contribution < -0.4 is 10.6 Å². The van der Waals surface area contributed by atoms with Crippen LogP contribution in [0.25, 0.3) is 0 Å². The molecule has 0 aromatic heterocycles. The van der Waals surface area contributed by atoms with Crippen molar-refractivity contribution in [2.45, 2.75) is 19.4 Å². The normalized spacial score (nSPS) is 22.5. The lowest BCUT2D eigenvalue weighted by Gasteiger charge is -2.23. The Bertz CT molecular complexity index is 487. The Morgan fingerprint density at radius 1 is 1.48 bits per heavy atom. The van der Waals surface area contributed by atoms with Crippen molar-refractivity contribution < 1.29 is 18.7 Å². The van der Waals surface area contributed by atoms with Gasteiger partial charge in [0, 0.05) is 13.1 Å². The third kappa shape index (κ3) is 3.90. The maximum absolute atomic E-state index is 13.5. The number of benzene rings is 1. The van der Waals surface area contributed by atoms with Gasteiger partial charge in [-0.15, -0.1) is 12.4 Å². The van der Waals surface area contributed by atoms with Gasteiger partial charge in [-0.05, 0) is 32.0 Å². The fourth-order valence-corrected chi connectivity index (χ4v) is 2.34. The summed E-state index contributed by atoms with van der Waals surface area (Å²) in [6, 6.07) is 3.38. The minimum Gasteiger partial charge on any atom is -0.386 e. The fraction of sp³-hybridized carbons (Fsp3) is 0.500. The van der Waals surface area contributed by atoms with Crippen LogP contribution in [-0.4, -0.2) is 30.6 Å². The van der Waals surface area contributed by atoms with Crippen molar-refractivity contribution in [3.05, 3.63) is 35.4 Å². The predicted molar refractivity (Wildman–Crippen MR) is 77.2 cm³/mol. The third-order valence-corrected chi connectivity index (χ3v) is 3.71. The molecule has 2 rings (SSSR count). The number of rotatable bonds is 4. The largest absolute Gasteiger partial charge is 0.386 e. The van der Waals surface area contributed by atoms with E-state index in [1.54, 1.807) is 0 Å². The average molecular weight is 321 g/mol. The molecular weight excluding hydrogens is 302 g/mol. The van der Waals surface area contributed by atoms with Crippen LogP contribution in [-0.2, 0) is 4.79 Å². The smallest absolute Gasteiger partial charge is 0.227 e. The molecule has 1 amide bonds. The minimum absolute atomic E-state index is 0. The van der Waals surface area contributed by atoms with Crippen LogP contribution in [0.2, 0.25) is 0 Å². The highest BCUT2D eigenvalue weighted by atomic mass is 35.5. The highest BCUT2D eigenvalue weighted by molar-refractivity contribution is 5.85. The van der Waals surface area contributed by atoms with Gasteiger partial charge in [-0.25, -0.2) is 8.78 Å². The molecule has 118 valence electrons. The lowest BCUT2D eigenvalue weighted by atomic mass is 9.88. The summed E-state index contributed by atoms with van der Waals surface area (Å²) in [5, 5.41) is 15.5. The topological polar surface area (TPSA) is 61.4 Å². The van der Waals surface area contributed by atoms with Gasteiger partial charge in [0.05, 0.1) is 11.0 Å². The summed E-state index contributed by atoms with van der Waals surface area (Å²) in [7, 11) is 0. The summed E-state index contributed by atoms with van der Waals surface area (Å²) >= 11 is 0. The summed E-state index contributed by atoms with van der Waals surface area (Å²) in [5.41, 5.74) is -0.949. The molecule has 2 unspecified atom stereocenters. The first-order valence-corrected chi connectivity index (χ1v) is 6.55. The first-order valence-electron chi connectivity index (χ1n) is 6.55. The number of halogens is 3. The molecule has 1 aliphatic heterocycles. The van der Waals surface area contributed by atoms with Gasteiger partial charge in [0.2, 0.25) is 5.91 Å². The van der Waals surface area contributed by atoms with Crippen molar-refractivity contribution in [3.63, 3.8) is 0 Å². The number of nitrogens with one attached hydrogen (secondary N) is 2. The molecule has 1 fully saturated rings. The summed E-state index contributed by atoms with van der Waals surface area (Å²) in [6.07, 6.45) is -0.707. The molecular formula is C14H19ClF2N2O2. The van der Waals surface area contributed by atoms with E-state index in [4.69, 9.17) is 0 Å². The molecule has 1 aromatic carbocycles. The van der Waals surface area contributed by atoms with E-state index >= 15 is 0 Å². The molecule has 0 bridgehead atoms. The SMILES string of the molecule is CC1(C(=O)NCC(O)c2c(F)cccc2F)CCNC1.Cl. The third-order valence-electron chi connectivity index (χ3n) is 3.71. The summed E-state index contributed by atoms with van der Waals surface area (Å²) in [4.78, 5) is 12.0. The van der Waals surface area contributed by atoms with Crippen LogP contribution in [0.3, 0.4) is 0 Å². The standard InChI is InChI=1S/C14H18F2N2O2.ClH/c1-14(5-6-17-8-14)13(20)18-7-11(19)12-9(15)3-2-4-10(12)16;/h2-4,11,17,19H,5-8H2,1H3,(H,18,20);1H. The van der Waals surface area contributed by atoms with Crippen molar-refractivity contribution >= 4 is 18.3 Å². The van der Waals surface area contributed by atoms with Crippen molar-refractivity contribution in [3.8, 4) is 0 Å². The molecule has 0 aliphatic carbocycles. The zero-order chi connectivity index (χ0) is 14.8. The summed E-state index contributed by atoms with van der Waals surface area (Å²) in [6.45, 7) is 2.92. The van der Waals surface area contributed by atoms with Crippen LogP contribution in [0.1, 0.15) is 25.0 Å². The molecule has 7 heteroatoms. The molecule has 1 aliphatic rings. The second-order valence-corrected chi connectivity index (χ2v) is 5.35. The number of amides is 1. The van der Waals surface area contributed by atoms with Crippen molar-refractivity contribution in [1.29, 1.82) is 0 Å². The van der Waals surface area contributed by atoms with Gasteiger partial charge in [-0.2, -0.15) is 0 Å². The number of carbonyl (C=O) groups excluding carboxylic acids is 1. The molecule has 0 spiro atoms. The zero-order valence-corrected chi connectivity index (χ0v) is 12.5. The molecule has 21 heavy (non-hydrogen) atoms. The molecule has 1 saturated heterocycles. The Kier molecular flexibility index (Phi) is 6.07. The molecule has 2 atom stereocenters. The lowest BCUT2D eigenvalue weighted by molar-refractivity contribution is -0.129. The molecule has 3 N–H and O–H groups in total. The van der Waals surface area contributed by atoms with E-state index < -0.39 is 28.7 Å². The molecule has 1 heterocycles. The fourth-order valence-electron chi connectivity index (χ4n) is 2.34.